The molecule has 0 saturated heterocycles. The predicted molar refractivity (Wildman–Crippen MR) is 75.8 cm³/mol. The van der Waals surface area contributed by atoms with Crippen LogP contribution in [0, 0.1) is 17.8 Å². The molecule has 0 aliphatic heterocycles. The Balaban J connectivity index is 1.77. The molecule has 2 amide bonds. The second-order valence-corrected chi connectivity index (χ2v) is 6.16. The summed E-state index contributed by atoms with van der Waals surface area (Å²) in [6.45, 7) is 4.65. The first-order valence-corrected chi connectivity index (χ1v) is 7.46. The molecule has 4 nitrogen and oxygen atoms in total. The van der Waals surface area contributed by atoms with Gasteiger partial charge in [-0.1, -0.05) is 38.8 Å². The van der Waals surface area contributed by atoms with Crippen molar-refractivity contribution in [2.45, 2.75) is 51.6 Å². The first-order chi connectivity index (χ1) is 9.10. The molecule has 19 heavy (non-hydrogen) atoms. The van der Waals surface area contributed by atoms with Gasteiger partial charge >= 0.3 is 6.03 Å². The van der Waals surface area contributed by atoms with E-state index >= 15 is 0 Å². The molecule has 5 atom stereocenters. The van der Waals surface area contributed by atoms with Crippen molar-refractivity contribution in [3.05, 3.63) is 12.2 Å². The van der Waals surface area contributed by atoms with E-state index in [1.165, 1.54) is 12.8 Å². The number of aliphatic hydroxyl groups excluding tert-OH is 1. The highest BCUT2D eigenvalue weighted by Gasteiger charge is 2.28. The molecule has 0 aromatic carbocycles. The average Bonchev–Trinajstić information content (AvgIpc) is 2.82. The molecular weight excluding hydrogens is 240 g/mol. The van der Waals surface area contributed by atoms with Crippen LogP contribution in [0.15, 0.2) is 12.2 Å². The van der Waals surface area contributed by atoms with Gasteiger partial charge in [0.25, 0.3) is 0 Å². The van der Waals surface area contributed by atoms with Crippen LogP contribution >= 0.6 is 0 Å². The molecule has 2 rings (SSSR count). The molecule has 4 heteroatoms. The summed E-state index contributed by atoms with van der Waals surface area (Å²) in [5.41, 5.74) is 0. The number of rotatable bonds is 3. The zero-order valence-electron chi connectivity index (χ0n) is 11.9. The summed E-state index contributed by atoms with van der Waals surface area (Å²) in [6.07, 6.45) is 8.32. The molecule has 0 spiro atoms. The third-order valence-electron chi connectivity index (χ3n) is 4.75. The van der Waals surface area contributed by atoms with E-state index in [0.717, 1.165) is 12.8 Å². The smallest absolute Gasteiger partial charge is 0.315 e. The topological polar surface area (TPSA) is 61.4 Å². The van der Waals surface area contributed by atoms with Crippen LogP contribution in [-0.2, 0) is 0 Å². The zero-order valence-corrected chi connectivity index (χ0v) is 11.9. The SMILES string of the molecule is CC1CCCC(NC(=O)N[C@@H]2C=C[C@H](CO)C2)C1C. The Morgan fingerprint density at radius 1 is 1.26 bits per heavy atom. The van der Waals surface area contributed by atoms with Crippen LogP contribution in [0.1, 0.15) is 39.5 Å². The second kappa shape index (κ2) is 6.42. The van der Waals surface area contributed by atoms with E-state index in [2.05, 4.69) is 24.5 Å². The van der Waals surface area contributed by atoms with Gasteiger partial charge in [0.05, 0.1) is 0 Å². The van der Waals surface area contributed by atoms with E-state index in [-0.39, 0.29) is 24.6 Å². The van der Waals surface area contributed by atoms with Crippen LogP contribution < -0.4 is 10.6 Å². The van der Waals surface area contributed by atoms with E-state index < -0.39 is 0 Å². The van der Waals surface area contributed by atoms with Crippen molar-refractivity contribution >= 4 is 6.03 Å². The van der Waals surface area contributed by atoms with Gasteiger partial charge in [-0.15, -0.1) is 0 Å². The Bertz CT molecular complexity index is 343. The maximum atomic E-state index is 12.0. The van der Waals surface area contributed by atoms with Crippen LogP contribution in [-0.4, -0.2) is 29.8 Å². The van der Waals surface area contributed by atoms with Crippen LogP contribution in [0.2, 0.25) is 0 Å². The maximum absolute atomic E-state index is 12.0. The minimum atomic E-state index is -0.0702. The first kappa shape index (κ1) is 14.4. The summed E-state index contributed by atoms with van der Waals surface area (Å²) in [6, 6.07) is 0.287. The van der Waals surface area contributed by atoms with Crippen LogP contribution in [0.3, 0.4) is 0 Å². The fourth-order valence-electron chi connectivity index (χ4n) is 3.18. The van der Waals surface area contributed by atoms with Gasteiger partial charge in [0.2, 0.25) is 0 Å². The van der Waals surface area contributed by atoms with Gasteiger partial charge in [-0.25, -0.2) is 4.79 Å². The standard InChI is InChI=1S/C15H26N2O2/c1-10-4-3-5-14(11(10)2)17-15(19)16-13-7-6-12(8-13)9-18/h6-7,10-14,18H,3-5,8-9H2,1-2H3,(H2,16,17,19)/t10?,11?,12-,13+,14?/m0/s1. The summed E-state index contributed by atoms with van der Waals surface area (Å²) in [5.74, 6) is 1.42. The highest BCUT2D eigenvalue weighted by atomic mass is 16.3. The number of carbonyl (C=O) groups is 1. The van der Waals surface area contributed by atoms with E-state index in [9.17, 15) is 4.79 Å². The number of nitrogens with one attached hydrogen (secondary N) is 2. The maximum Gasteiger partial charge on any atom is 0.315 e. The number of urea groups is 1. The Morgan fingerprint density at radius 3 is 2.74 bits per heavy atom. The normalized spacial score (nSPS) is 38.2. The minimum Gasteiger partial charge on any atom is -0.396 e. The van der Waals surface area contributed by atoms with Crippen molar-refractivity contribution in [3.63, 3.8) is 0 Å². The van der Waals surface area contributed by atoms with E-state index in [0.29, 0.717) is 17.9 Å². The fraction of sp³-hybridized carbons (Fsp3) is 0.800. The van der Waals surface area contributed by atoms with E-state index in [1.54, 1.807) is 0 Å². The molecule has 3 unspecified atom stereocenters. The molecular formula is C15H26N2O2. The highest BCUT2D eigenvalue weighted by molar-refractivity contribution is 5.75. The van der Waals surface area contributed by atoms with Crippen molar-refractivity contribution < 1.29 is 9.90 Å². The lowest BCUT2D eigenvalue weighted by Gasteiger charge is -2.34. The molecule has 0 radical (unpaired) electrons. The van der Waals surface area contributed by atoms with Gasteiger partial charge < -0.3 is 15.7 Å². The number of hydrogen-bond donors (Lipinski definition) is 3. The van der Waals surface area contributed by atoms with Crippen LogP contribution in [0.5, 0.6) is 0 Å². The lowest BCUT2D eigenvalue weighted by Crippen LogP contribution is -2.49. The number of amides is 2. The summed E-state index contributed by atoms with van der Waals surface area (Å²) >= 11 is 0. The minimum absolute atomic E-state index is 0.0634. The van der Waals surface area contributed by atoms with Gasteiger partial charge in [-0.05, 0) is 24.7 Å². The highest BCUT2D eigenvalue weighted by Crippen LogP contribution is 2.29. The summed E-state index contributed by atoms with van der Waals surface area (Å²) in [5, 5.41) is 15.2. The number of carbonyl (C=O) groups excluding carboxylic acids is 1. The monoisotopic (exact) mass is 266 g/mol. The molecule has 1 fully saturated rings. The van der Waals surface area contributed by atoms with Crippen LogP contribution in [0.4, 0.5) is 4.79 Å². The lowest BCUT2D eigenvalue weighted by atomic mass is 9.78. The van der Waals surface area contributed by atoms with Gasteiger partial charge in [0.1, 0.15) is 0 Å². The molecule has 108 valence electrons. The molecule has 0 aromatic heterocycles. The molecule has 0 bridgehead atoms. The Morgan fingerprint density at radius 2 is 2.05 bits per heavy atom. The molecule has 2 aliphatic rings. The quantitative estimate of drug-likeness (QED) is 0.685. The van der Waals surface area contributed by atoms with Crippen LogP contribution in [0.25, 0.3) is 0 Å². The lowest BCUT2D eigenvalue weighted by molar-refractivity contribution is 0.193. The van der Waals surface area contributed by atoms with Gasteiger partial charge in [-0.2, -0.15) is 0 Å². The third-order valence-corrected chi connectivity index (χ3v) is 4.75. The zero-order chi connectivity index (χ0) is 13.8. The molecule has 0 heterocycles. The molecule has 3 N–H and O–H groups in total. The number of aliphatic hydroxyl groups is 1. The van der Waals surface area contributed by atoms with Crippen molar-refractivity contribution in [2.24, 2.45) is 17.8 Å². The summed E-state index contributed by atoms with van der Waals surface area (Å²) in [7, 11) is 0. The van der Waals surface area contributed by atoms with Crippen molar-refractivity contribution in [2.75, 3.05) is 6.61 Å². The first-order valence-electron chi connectivity index (χ1n) is 7.46. The Kier molecular flexibility index (Phi) is 4.86. The Labute approximate surface area is 115 Å². The van der Waals surface area contributed by atoms with Gasteiger partial charge in [-0.3, -0.25) is 0 Å². The molecule has 0 aromatic rings. The predicted octanol–water partition coefficient (Wildman–Crippen LogP) is 2.05. The molecule has 2 aliphatic carbocycles. The van der Waals surface area contributed by atoms with Crippen molar-refractivity contribution in [3.8, 4) is 0 Å². The van der Waals surface area contributed by atoms with Gasteiger partial charge in [0, 0.05) is 24.6 Å². The largest absolute Gasteiger partial charge is 0.396 e. The Hall–Kier alpha value is -1.03. The summed E-state index contributed by atoms with van der Waals surface area (Å²) in [4.78, 5) is 12.0. The van der Waals surface area contributed by atoms with Crippen molar-refractivity contribution in [1.82, 2.24) is 10.6 Å². The van der Waals surface area contributed by atoms with Gasteiger partial charge in [0.15, 0.2) is 0 Å². The van der Waals surface area contributed by atoms with E-state index in [4.69, 9.17) is 5.11 Å². The summed E-state index contributed by atoms with van der Waals surface area (Å²) < 4.78 is 0. The average molecular weight is 266 g/mol. The third kappa shape index (κ3) is 3.72. The fourth-order valence-corrected chi connectivity index (χ4v) is 3.18. The second-order valence-electron chi connectivity index (χ2n) is 6.16. The number of hydrogen-bond acceptors (Lipinski definition) is 2. The molecule has 1 saturated carbocycles. The van der Waals surface area contributed by atoms with E-state index in [1.807, 2.05) is 12.2 Å². The van der Waals surface area contributed by atoms with Crippen molar-refractivity contribution in [1.29, 1.82) is 0 Å².